The van der Waals surface area contributed by atoms with Crippen molar-refractivity contribution in [2.24, 2.45) is 21.5 Å². The van der Waals surface area contributed by atoms with Gasteiger partial charge in [0.2, 0.25) is 35.4 Å². The van der Waals surface area contributed by atoms with Gasteiger partial charge < -0.3 is 48.4 Å². The number of H-pyrrole nitrogens is 1. The average molecular weight is 880 g/mol. The lowest BCUT2D eigenvalue weighted by Gasteiger charge is -2.27. The van der Waals surface area contributed by atoms with Gasteiger partial charge in [-0.2, -0.15) is 0 Å². The van der Waals surface area contributed by atoms with E-state index in [1.54, 1.807) is 48.8 Å². The molecule has 0 aliphatic carbocycles. The Morgan fingerprint density at radius 3 is 2.06 bits per heavy atom. The highest BCUT2D eigenvalue weighted by atomic mass is 16.2. The molecule has 1 fully saturated rings. The van der Waals surface area contributed by atoms with Crippen LogP contribution in [0.5, 0.6) is 0 Å². The number of para-hydroxylation sites is 1. The Labute approximate surface area is 370 Å². The maximum atomic E-state index is 14.5. The molecule has 1 saturated heterocycles. The second kappa shape index (κ2) is 23.3. The van der Waals surface area contributed by atoms with Crippen LogP contribution in [0.3, 0.4) is 0 Å². The Bertz CT molecular complexity index is 2280. The van der Waals surface area contributed by atoms with Gasteiger partial charge in [-0.15, -0.1) is 0 Å². The Kier molecular flexibility index (Phi) is 17.4. The van der Waals surface area contributed by atoms with E-state index in [1.807, 2.05) is 24.3 Å². The number of benzene rings is 2. The third-order valence-electron chi connectivity index (χ3n) is 10.9. The first-order chi connectivity index (χ1) is 30.7. The van der Waals surface area contributed by atoms with E-state index in [0.717, 1.165) is 10.9 Å². The fourth-order valence-corrected chi connectivity index (χ4v) is 7.55. The minimum absolute atomic E-state index is 0.00125. The molecule has 0 spiro atoms. The minimum atomic E-state index is -1.37. The van der Waals surface area contributed by atoms with E-state index in [4.69, 9.17) is 11.5 Å². The molecule has 6 amide bonds. The van der Waals surface area contributed by atoms with Gasteiger partial charge in [0.15, 0.2) is 11.7 Å². The van der Waals surface area contributed by atoms with Crippen LogP contribution in [-0.2, 0) is 51.2 Å². The van der Waals surface area contributed by atoms with Crippen molar-refractivity contribution in [1.82, 2.24) is 36.9 Å². The summed E-state index contributed by atoms with van der Waals surface area (Å²) in [5.41, 5.74) is 13.7. The number of aromatic amines is 1. The first kappa shape index (κ1) is 47.9. The lowest BCUT2D eigenvalue weighted by Crippen LogP contribution is -2.60. The number of ketones is 2. The van der Waals surface area contributed by atoms with Gasteiger partial charge >= 0.3 is 0 Å². The fraction of sp³-hybridized carbons (Fsp3) is 0.422. The zero-order valence-corrected chi connectivity index (χ0v) is 36.0. The van der Waals surface area contributed by atoms with Gasteiger partial charge in [-0.3, -0.25) is 48.3 Å². The Morgan fingerprint density at radius 2 is 1.39 bits per heavy atom. The highest BCUT2D eigenvalue weighted by Gasteiger charge is 2.34. The van der Waals surface area contributed by atoms with E-state index < -0.39 is 89.7 Å². The van der Waals surface area contributed by atoms with Crippen molar-refractivity contribution >= 4 is 70.1 Å². The number of guanidine groups is 1. The highest BCUT2D eigenvalue weighted by Crippen LogP contribution is 2.20. The number of nitrogens with zero attached hydrogens (tertiary/aromatic N) is 2. The first-order valence-corrected chi connectivity index (χ1v) is 21.3. The van der Waals surface area contributed by atoms with E-state index >= 15 is 0 Å². The molecular weight excluding hydrogens is 823 g/mol. The van der Waals surface area contributed by atoms with Gasteiger partial charge in [0.25, 0.3) is 0 Å². The van der Waals surface area contributed by atoms with Crippen LogP contribution in [0.25, 0.3) is 10.9 Å². The molecule has 1 aromatic heterocycles. The lowest BCUT2D eigenvalue weighted by atomic mass is 9.99. The molecule has 340 valence electrons. The number of nitrogens with two attached hydrogens (primary N) is 2. The smallest absolute Gasteiger partial charge is 0.243 e. The maximum Gasteiger partial charge on any atom is 0.243 e. The summed E-state index contributed by atoms with van der Waals surface area (Å²) in [5, 5.41) is 17.1. The molecule has 19 nitrogen and oxygen atoms in total. The third kappa shape index (κ3) is 14.5. The van der Waals surface area contributed by atoms with Crippen LogP contribution < -0.4 is 43.4 Å². The average Bonchev–Trinajstić information content (AvgIpc) is 3.93. The summed E-state index contributed by atoms with van der Waals surface area (Å²) in [4.78, 5) is 121. The Balaban J connectivity index is 1.55. The highest BCUT2D eigenvalue weighted by molar-refractivity contribution is 5.98. The molecule has 64 heavy (non-hydrogen) atoms. The number of rotatable bonds is 12. The Morgan fingerprint density at radius 1 is 0.766 bits per heavy atom. The SMILES string of the molecule is CC(=O)N[C@H]1CC(=O)CCC[C@@H](C(C)=O)NC(=O)[C@H](Cc2c[nH]c3ccccc23)NC(=O)[C@H](CCCN=C(N)N)NC(=O)[C@@H](Cc2ccccc2)NC(=O)[C@H](CC2=CCC=N2)NC1=O. The predicted octanol–water partition coefficient (Wildman–Crippen LogP) is 0.416. The number of fused-ring (bicyclic) bond motifs is 1. The molecule has 6 atom stereocenters. The van der Waals surface area contributed by atoms with Crippen LogP contribution in [-0.4, -0.2) is 107 Å². The molecule has 3 heterocycles. The molecule has 2 aliphatic rings. The number of carbonyl (C=O) groups is 8. The molecule has 2 aliphatic heterocycles. The third-order valence-corrected chi connectivity index (χ3v) is 10.9. The van der Waals surface area contributed by atoms with Gasteiger partial charge in [-0.25, -0.2) is 0 Å². The van der Waals surface area contributed by atoms with Crippen LogP contribution in [0.4, 0.5) is 0 Å². The zero-order valence-electron chi connectivity index (χ0n) is 36.0. The number of nitrogens with one attached hydrogen (secondary N) is 7. The molecule has 0 saturated carbocycles. The van der Waals surface area contributed by atoms with Crippen LogP contribution in [0.2, 0.25) is 0 Å². The summed E-state index contributed by atoms with van der Waals surface area (Å²) < 4.78 is 0. The maximum absolute atomic E-state index is 14.5. The lowest BCUT2D eigenvalue weighted by molar-refractivity contribution is -0.135. The predicted molar refractivity (Wildman–Crippen MR) is 239 cm³/mol. The number of aromatic nitrogens is 1. The van der Waals surface area contributed by atoms with E-state index in [9.17, 15) is 38.4 Å². The minimum Gasteiger partial charge on any atom is -0.370 e. The van der Waals surface area contributed by atoms with Crippen molar-refractivity contribution in [3.63, 3.8) is 0 Å². The largest absolute Gasteiger partial charge is 0.370 e. The fourth-order valence-electron chi connectivity index (χ4n) is 7.55. The van der Waals surface area contributed by atoms with Gasteiger partial charge in [0, 0.05) is 81.0 Å². The van der Waals surface area contributed by atoms with Crippen LogP contribution in [0.15, 0.2) is 82.6 Å². The number of carbonyl (C=O) groups excluding carboxylic acids is 8. The molecule has 19 heteroatoms. The number of hydrogen-bond donors (Lipinski definition) is 9. The summed E-state index contributed by atoms with van der Waals surface area (Å²) in [6.07, 6.45) is 5.34. The second-order valence-electron chi connectivity index (χ2n) is 16.0. The summed E-state index contributed by atoms with van der Waals surface area (Å²) in [5.74, 6) is -5.37. The second-order valence-corrected chi connectivity index (χ2v) is 16.0. The van der Waals surface area contributed by atoms with Crippen LogP contribution >= 0.6 is 0 Å². The first-order valence-electron chi connectivity index (χ1n) is 21.3. The summed E-state index contributed by atoms with van der Waals surface area (Å²) in [7, 11) is 0. The molecule has 11 N–H and O–H groups in total. The van der Waals surface area contributed by atoms with E-state index in [1.165, 1.54) is 13.8 Å². The number of Topliss-reactive ketones (excluding diaryl/α,β-unsaturated/α-hetero) is 2. The summed E-state index contributed by atoms with van der Waals surface area (Å²) >= 11 is 0. The Hall–Kier alpha value is -7.18. The topological polar surface area (TPSA) is 301 Å². The molecular formula is C45H57N11O8. The normalized spacial score (nSPS) is 23.1. The number of aliphatic imine (C=N–C) groups is 2. The summed E-state index contributed by atoms with van der Waals surface area (Å²) in [6.45, 7) is 2.59. The molecule has 5 rings (SSSR count). The van der Waals surface area contributed by atoms with Crippen molar-refractivity contribution in [2.75, 3.05) is 6.54 Å². The van der Waals surface area contributed by atoms with Crippen molar-refractivity contribution in [1.29, 1.82) is 0 Å². The standard InChI is InChI=1S/C45H57N11O8/c1-26(57)33-17-8-14-31(59)24-39(51-27(2)58)44(64)56-38(23-30-13-9-19-48-30)43(63)54-36(21-28-11-4-3-5-12-28)41(61)53-35(18-10-20-49-45(46)47)40(60)55-37(42(62)52-33)22-29-25-50-34-16-7-6-15-32(29)34/h3-7,11-13,15-16,19,25,33,35-39,50H,8-10,14,17-18,20-24H2,1-2H3,(H,51,58)(H,52,62)(H,53,61)(H,54,63)(H,55,60)(H,56,64)(H4,46,47,49)/t33-,35-,36+,37-,38-,39-/m0/s1. The monoisotopic (exact) mass is 879 g/mol. The molecule has 0 radical (unpaired) electrons. The molecule has 0 unspecified atom stereocenters. The van der Waals surface area contributed by atoms with Crippen molar-refractivity contribution < 1.29 is 38.4 Å². The number of hydrogen-bond acceptors (Lipinski definition) is 10. The number of allylic oxidation sites excluding steroid dienone is 1. The van der Waals surface area contributed by atoms with Crippen LogP contribution in [0.1, 0.15) is 76.3 Å². The molecule has 2 aromatic carbocycles. The molecule has 3 aromatic rings. The van der Waals surface area contributed by atoms with E-state index in [-0.39, 0.29) is 63.9 Å². The van der Waals surface area contributed by atoms with Gasteiger partial charge in [-0.05, 0) is 49.8 Å². The zero-order chi connectivity index (χ0) is 46.2. The van der Waals surface area contributed by atoms with Crippen molar-refractivity contribution in [3.05, 3.63) is 83.7 Å². The number of amides is 6. The molecule has 0 bridgehead atoms. The van der Waals surface area contributed by atoms with E-state index in [0.29, 0.717) is 23.2 Å². The van der Waals surface area contributed by atoms with Crippen molar-refractivity contribution in [2.45, 2.75) is 114 Å². The summed E-state index contributed by atoms with van der Waals surface area (Å²) in [6, 6.07) is 8.62. The van der Waals surface area contributed by atoms with Crippen molar-refractivity contribution in [3.8, 4) is 0 Å². The van der Waals surface area contributed by atoms with Gasteiger partial charge in [0.1, 0.15) is 36.0 Å². The quantitative estimate of drug-likeness (QED) is 0.0686. The van der Waals surface area contributed by atoms with Gasteiger partial charge in [0.05, 0.1) is 6.04 Å². The van der Waals surface area contributed by atoms with E-state index in [2.05, 4.69) is 46.9 Å². The van der Waals surface area contributed by atoms with Gasteiger partial charge in [-0.1, -0.05) is 54.6 Å². The van der Waals surface area contributed by atoms with Crippen LogP contribution in [0, 0.1) is 0 Å².